The molecule has 0 aromatic carbocycles. The highest BCUT2D eigenvalue weighted by molar-refractivity contribution is 5.93. The highest BCUT2D eigenvalue weighted by Crippen LogP contribution is 2.71. The van der Waals surface area contributed by atoms with Gasteiger partial charge in [0.25, 0.3) is 0 Å². The minimum atomic E-state index is -0.229. The summed E-state index contributed by atoms with van der Waals surface area (Å²) in [6, 6.07) is 2.40. The van der Waals surface area contributed by atoms with Crippen LogP contribution in [0.1, 0.15) is 252 Å². The van der Waals surface area contributed by atoms with E-state index in [0.717, 1.165) is 178 Å². The van der Waals surface area contributed by atoms with Crippen LogP contribution in [0, 0.1) is 201 Å². The zero-order valence-electron chi connectivity index (χ0n) is 72.7. The highest BCUT2D eigenvalue weighted by atomic mass is 16.5. The number of nitrogens with zero attached hydrogens (tertiary/aromatic N) is 2. The molecule has 0 heterocycles. The lowest BCUT2D eigenvalue weighted by Crippen LogP contribution is -2.55. The molecule has 0 aromatic heterocycles. The number of ether oxygens (including phenoxy) is 2. The van der Waals surface area contributed by atoms with Crippen LogP contribution in [0.3, 0.4) is 0 Å². The van der Waals surface area contributed by atoms with E-state index >= 15 is 0 Å². The van der Waals surface area contributed by atoms with Gasteiger partial charge in [-0.3, -0.25) is 24.0 Å². The third-order valence-electron chi connectivity index (χ3n) is 39.0. The van der Waals surface area contributed by atoms with Gasteiger partial charge in [-0.25, -0.2) is 9.59 Å². The van der Waals surface area contributed by atoms with Gasteiger partial charge in [0, 0.05) is 72.7 Å². The maximum Gasteiger partial charge on any atom is 0.333 e. The normalized spacial score (nSPS) is 48.0. The molecule has 28 saturated carbocycles. The van der Waals surface area contributed by atoms with Crippen molar-refractivity contribution in [3.8, 4) is 0 Å². The van der Waals surface area contributed by atoms with Gasteiger partial charge in [0.2, 0.25) is 29.5 Å². The highest BCUT2D eigenvalue weighted by Gasteiger charge is 2.66. The molecule has 0 aliphatic heterocycles. The minimum Gasteiger partial charge on any atom is -0.459 e. The third-order valence-corrected chi connectivity index (χ3v) is 39.0. The molecule has 28 aliphatic carbocycles. The molecule has 14 nitrogen and oxygen atoms in total. The van der Waals surface area contributed by atoms with E-state index < -0.39 is 0 Å². The molecule has 28 fully saturated rings. The van der Waals surface area contributed by atoms with Gasteiger partial charge in [0.1, 0.15) is 12.2 Å². The molecule has 640 valence electrons. The number of carbonyl (C=O) groups excluding carboxylic acids is 7. The lowest BCUT2D eigenvalue weighted by molar-refractivity contribution is -0.166. The van der Waals surface area contributed by atoms with Crippen molar-refractivity contribution in [2.24, 2.45) is 201 Å². The van der Waals surface area contributed by atoms with Gasteiger partial charge in [-0.15, -0.1) is 0 Å². The SMILES string of the molecule is C=C(C)C(=O)N(C)C1CC2CC1C1C3CCC(C3)C21.C=C(C)C(=O)NC1C2CC3CC(C2)CC1C3.C=C(C)C(=O)NC1CC2CC1C1C3CCC(C3)C21.C=C(C)C(=O)OC1C2CC3CC(C2)CC1C3.C=CC(=O)N(C)C1CC2CC1C1C3CCC(C3)C21.C=CC(=O)NC1C2CC3CC(C2)CC1C3.C=CC(=O)OC1C2CC3CC(C2)CC1C3. The molecule has 5 amide bonds. The Labute approximate surface area is 703 Å². The van der Waals surface area contributed by atoms with E-state index in [9.17, 15) is 33.6 Å². The van der Waals surface area contributed by atoms with Crippen LogP contribution in [0.5, 0.6) is 0 Å². The predicted octanol–water partition coefficient (Wildman–Crippen LogP) is 18.6. The second-order valence-electron chi connectivity index (χ2n) is 45.5. The molecule has 28 bridgehead atoms. The average Bonchev–Trinajstić information content (AvgIpc) is 1.59. The Kier molecular flexibility index (Phi) is 23.4. The maximum atomic E-state index is 12.2. The summed E-state index contributed by atoms with van der Waals surface area (Å²) in [6.07, 6.45) is 53.0. The van der Waals surface area contributed by atoms with E-state index in [0.29, 0.717) is 76.2 Å². The van der Waals surface area contributed by atoms with Gasteiger partial charge in [0.15, 0.2) is 0 Å². The van der Waals surface area contributed by atoms with E-state index in [4.69, 9.17) is 9.47 Å². The summed E-state index contributed by atoms with van der Waals surface area (Å²) in [5.41, 5.74) is 2.53. The molecule has 0 aromatic rings. The Morgan fingerprint density at radius 2 is 0.641 bits per heavy atom. The number of esters is 2. The lowest BCUT2D eigenvalue weighted by atomic mass is 9.54. The standard InChI is InChI=1S/C17H25NO.2C16H23NO.C14H21NO.C14H20O2.C13H19NO.C13H18O2/c1-9(2)17(19)18(3)14-8-12-7-13(14)16-11-5-4-10(6-11)15(12)16;1-8(2)16(18)17-13-7-11-6-12(13)15-10-4-3-9(5-10)14(11)15;1-3-14(18)17(2)13-8-11-7-12(13)16-10-5-4-9(6-10)15(11)16;1-8(2)14(16)15-13-11-4-9-3-10(6-11)7-12(13)5-9;1-8(2)14(15)16-13-11-4-9-3-10(6-11)7-12(13)5-9;1-2-12(15)14-13-10-4-8-3-9(6-10)7-11(13)5-8;1-2-12(14)15-13-10-4-8-3-9(6-10)7-11(13)5-8/h10-16H,1,4-8H2,2-3H3;9-15H,1,3-7H2,2H3,(H,17,18);3,9-13,15-16H,1,4-8H2,2H3;9-13H,1,3-7H2,2H3,(H,15,16);9-13H,1,3-7H2,2H3;2,8-11,13H,1,3-7H2,(H,14,15);2,8-11,13H,1,3-7H2. The first kappa shape index (κ1) is 82.4. The maximum absolute atomic E-state index is 12.2. The first-order valence-electron chi connectivity index (χ1n) is 48.6. The van der Waals surface area contributed by atoms with Gasteiger partial charge in [0.05, 0.1) is 0 Å². The Bertz CT molecular complexity index is 3650. The number of carbonyl (C=O) groups is 7. The molecule has 0 saturated heterocycles. The fourth-order valence-corrected chi connectivity index (χ4v) is 36.1. The number of amides is 5. The Balaban J connectivity index is 0.0000000944. The molecule has 3 N–H and O–H groups in total. The van der Waals surface area contributed by atoms with Crippen molar-refractivity contribution in [3.05, 3.63) is 86.6 Å². The molecule has 14 heteroatoms. The van der Waals surface area contributed by atoms with Crippen LogP contribution in [0.15, 0.2) is 86.6 Å². The summed E-state index contributed by atoms with van der Waals surface area (Å²) in [6.45, 7) is 32.8. The van der Waals surface area contributed by atoms with Gasteiger partial charge in [-0.05, 0) is 466 Å². The van der Waals surface area contributed by atoms with Crippen molar-refractivity contribution in [1.29, 1.82) is 0 Å². The molecule has 21 atom stereocenters. The van der Waals surface area contributed by atoms with Gasteiger partial charge in [-0.2, -0.15) is 0 Å². The van der Waals surface area contributed by atoms with Gasteiger partial charge < -0.3 is 35.2 Å². The van der Waals surface area contributed by atoms with Gasteiger partial charge in [-0.1, -0.05) is 46.1 Å². The second-order valence-corrected chi connectivity index (χ2v) is 45.5. The first-order valence-corrected chi connectivity index (χ1v) is 48.6. The summed E-state index contributed by atoms with van der Waals surface area (Å²) in [5, 5.41) is 9.62. The Morgan fingerprint density at radius 3 is 1.00 bits per heavy atom. The average molecular weight is 1600 g/mol. The number of fused-ring (bicyclic) bond motifs is 27. The molecule has 117 heavy (non-hydrogen) atoms. The number of hydrogen-bond acceptors (Lipinski definition) is 9. The van der Waals surface area contributed by atoms with Gasteiger partial charge >= 0.3 is 11.9 Å². The predicted molar refractivity (Wildman–Crippen MR) is 459 cm³/mol. The molecule has 28 rings (SSSR count). The van der Waals surface area contributed by atoms with Crippen LogP contribution >= 0.6 is 0 Å². The number of rotatable bonds is 14. The molecule has 21 unspecified atom stereocenters. The Hall–Kier alpha value is -5.53. The number of nitrogens with one attached hydrogen (secondary N) is 3. The summed E-state index contributed by atoms with van der Waals surface area (Å²) < 4.78 is 11.2. The summed E-state index contributed by atoms with van der Waals surface area (Å²) in [4.78, 5) is 85.8. The van der Waals surface area contributed by atoms with E-state index in [-0.39, 0.29) is 53.7 Å². The zero-order chi connectivity index (χ0) is 81.6. The fraction of sp³-hybridized carbons (Fsp3) is 0.796. The van der Waals surface area contributed by atoms with Crippen molar-refractivity contribution < 1.29 is 43.0 Å². The summed E-state index contributed by atoms with van der Waals surface area (Å²) >= 11 is 0. The van der Waals surface area contributed by atoms with Crippen molar-refractivity contribution in [1.82, 2.24) is 25.8 Å². The largest absolute Gasteiger partial charge is 0.459 e. The van der Waals surface area contributed by atoms with Crippen LogP contribution in [0.4, 0.5) is 0 Å². The smallest absolute Gasteiger partial charge is 0.333 e. The van der Waals surface area contributed by atoms with E-state index in [1.54, 1.807) is 13.8 Å². The monoisotopic (exact) mass is 1600 g/mol. The van der Waals surface area contributed by atoms with Crippen LogP contribution in [0.25, 0.3) is 0 Å². The van der Waals surface area contributed by atoms with Crippen LogP contribution in [-0.4, -0.2) is 108 Å². The number of likely N-dealkylation sites (N-methyl/N-ethyl adjacent to an activating group) is 2. The van der Waals surface area contributed by atoms with Crippen LogP contribution < -0.4 is 16.0 Å². The third kappa shape index (κ3) is 15.7. The fourth-order valence-electron chi connectivity index (χ4n) is 36.1. The molecule has 0 radical (unpaired) electrons. The van der Waals surface area contributed by atoms with Crippen LogP contribution in [0.2, 0.25) is 0 Å². The minimum absolute atomic E-state index is 0.0208. The van der Waals surface area contributed by atoms with Crippen LogP contribution in [-0.2, 0) is 43.0 Å². The number of hydrogen-bond donors (Lipinski definition) is 3. The molecule has 28 aliphatic rings. The molecular weight excluding hydrogens is 1450 g/mol. The topological polar surface area (TPSA) is 181 Å². The van der Waals surface area contributed by atoms with Crippen molar-refractivity contribution in [2.75, 3.05) is 14.1 Å². The quantitative estimate of drug-likeness (QED) is 0.0866. The van der Waals surface area contributed by atoms with Crippen molar-refractivity contribution >= 4 is 41.5 Å². The van der Waals surface area contributed by atoms with E-state index in [1.807, 2.05) is 37.7 Å². The second kappa shape index (κ2) is 33.3. The summed E-state index contributed by atoms with van der Waals surface area (Å²) in [5.74, 6) is 30.7. The molecular formula is C103H149N5O9. The van der Waals surface area contributed by atoms with Crippen molar-refractivity contribution in [2.45, 2.75) is 295 Å². The van der Waals surface area contributed by atoms with E-state index in [2.05, 4.69) is 62.0 Å². The zero-order valence-corrected chi connectivity index (χ0v) is 72.7. The summed E-state index contributed by atoms with van der Waals surface area (Å²) in [7, 11) is 3.99. The van der Waals surface area contributed by atoms with Crippen molar-refractivity contribution in [3.63, 3.8) is 0 Å². The lowest BCUT2D eigenvalue weighted by Gasteiger charge is -2.54. The Morgan fingerprint density at radius 1 is 0.308 bits per heavy atom. The van der Waals surface area contributed by atoms with E-state index in [1.165, 1.54) is 243 Å². The molecule has 0 spiro atoms. The first-order chi connectivity index (χ1) is 56.2.